The lowest BCUT2D eigenvalue weighted by molar-refractivity contribution is 0.474. The number of aromatic hydroxyl groups is 1. The van der Waals surface area contributed by atoms with E-state index in [1.165, 1.54) is 0 Å². The Bertz CT molecular complexity index is 623. The summed E-state index contributed by atoms with van der Waals surface area (Å²) in [6, 6.07) is 12.8. The van der Waals surface area contributed by atoms with Gasteiger partial charge in [-0.25, -0.2) is 0 Å². The fraction of sp³-hybridized carbons (Fsp3) is 0.133. The van der Waals surface area contributed by atoms with Crippen LogP contribution in [0.4, 0.5) is 5.69 Å². The fourth-order valence-electron chi connectivity index (χ4n) is 1.72. The molecule has 2 rings (SSSR count). The summed E-state index contributed by atoms with van der Waals surface area (Å²) in [7, 11) is 0. The maximum absolute atomic E-state index is 9.78. The number of halogens is 1. The summed E-state index contributed by atoms with van der Waals surface area (Å²) >= 11 is 5.91. The van der Waals surface area contributed by atoms with Crippen LogP contribution in [0.15, 0.2) is 47.6 Å². The lowest BCUT2D eigenvalue weighted by Crippen LogP contribution is -2.00. The second kappa shape index (κ2) is 5.76. The van der Waals surface area contributed by atoms with Crippen LogP contribution in [0, 0.1) is 6.92 Å². The lowest BCUT2D eigenvalue weighted by Gasteiger charge is -2.06. The molecule has 0 aliphatic carbocycles. The van der Waals surface area contributed by atoms with Crippen LogP contribution < -0.4 is 5.43 Å². The largest absolute Gasteiger partial charge is 0.507 e. The molecule has 0 aliphatic heterocycles. The van der Waals surface area contributed by atoms with E-state index in [2.05, 4.69) is 10.5 Å². The predicted octanol–water partition coefficient (Wildman–Crippen LogP) is 4.19. The second-order valence-corrected chi connectivity index (χ2v) is 4.78. The molecule has 0 atom stereocenters. The van der Waals surface area contributed by atoms with Gasteiger partial charge in [0.05, 0.1) is 11.4 Å². The van der Waals surface area contributed by atoms with E-state index in [0.717, 1.165) is 11.3 Å². The van der Waals surface area contributed by atoms with E-state index in [-0.39, 0.29) is 5.75 Å². The number of hydrogen-bond acceptors (Lipinski definition) is 3. The molecule has 0 spiro atoms. The number of benzene rings is 2. The quantitative estimate of drug-likeness (QED) is 0.651. The van der Waals surface area contributed by atoms with Gasteiger partial charge in [0.15, 0.2) is 0 Å². The molecule has 19 heavy (non-hydrogen) atoms. The van der Waals surface area contributed by atoms with Gasteiger partial charge in [-0.3, -0.25) is 5.43 Å². The monoisotopic (exact) mass is 274 g/mol. The van der Waals surface area contributed by atoms with Gasteiger partial charge in [0.2, 0.25) is 0 Å². The average Bonchev–Trinajstić information content (AvgIpc) is 2.39. The van der Waals surface area contributed by atoms with Crippen LogP contribution in [0.2, 0.25) is 5.02 Å². The Balaban J connectivity index is 2.21. The van der Waals surface area contributed by atoms with Crippen molar-refractivity contribution in [3.8, 4) is 5.75 Å². The molecular weight excluding hydrogens is 260 g/mol. The highest BCUT2D eigenvalue weighted by Crippen LogP contribution is 2.22. The molecule has 2 aromatic carbocycles. The topological polar surface area (TPSA) is 44.6 Å². The van der Waals surface area contributed by atoms with Crippen molar-refractivity contribution >= 4 is 23.0 Å². The van der Waals surface area contributed by atoms with Crippen molar-refractivity contribution in [1.82, 2.24) is 0 Å². The van der Waals surface area contributed by atoms with Crippen LogP contribution in [0.25, 0.3) is 0 Å². The van der Waals surface area contributed by atoms with Crippen LogP contribution in [0.3, 0.4) is 0 Å². The number of nitrogens with zero attached hydrogens (tertiary/aromatic N) is 1. The molecule has 0 aromatic heterocycles. The van der Waals surface area contributed by atoms with Gasteiger partial charge in [0.1, 0.15) is 5.75 Å². The summed E-state index contributed by atoms with van der Waals surface area (Å²) in [4.78, 5) is 0. The molecular formula is C15H15ClN2O. The SMILES string of the molecule is C/C(=N\Nc1cccc(C)c1)c1cc(Cl)ccc1O. The van der Waals surface area contributed by atoms with Gasteiger partial charge in [-0.2, -0.15) is 5.10 Å². The van der Waals surface area contributed by atoms with E-state index in [9.17, 15) is 5.11 Å². The maximum Gasteiger partial charge on any atom is 0.124 e. The number of anilines is 1. The Labute approximate surface area is 117 Å². The van der Waals surface area contributed by atoms with Crippen LogP contribution in [0.5, 0.6) is 5.75 Å². The van der Waals surface area contributed by atoms with Crippen molar-refractivity contribution < 1.29 is 5.11 Å². The van der Waals surface area contributed by atoms with Crippen molar-refractivity contribution in [1.29, 1.82) is 0 Å². The molecule has 2 N–H and O–H groups in total. The molecule has 0 heterocycles. The smallest absolute Gasteiger partial charge is 0.124 e. The van der Waals surface area contributed by atoms with Gasteiger partial charge in [0.25, 0.3) is 0 Å². The number of phenols is 1. The molecule has 98 valence electrons. The minimum Gasteiger partial charge on any atom is -0.507 e. The molecule has 0 saturated heterocycles. The summed E-state index contributed by atoms with van der Waals surface area (Å²) in [5.41, 5.74) is 6.31. The van der Waals surface area contributed by atoms with Gasteiger partial charge in [0, 0.05) is 10.6 Å². The van der Waals surface area contributed by atoms with E-state index >= 15 is 0 Å². The Morgan fingerprint density at radius 2 is 2.00 bits per heavy atom. The first-order valence-electron chi connectivity index (χ1n) is 5.92. The van der Waals surface area contributed by atoms with Crippen molar-refractivity contribution in [3.05, 3.63) is 58.6 Å². The second-order valence-electron chi connectivity index (χ2n) is 4.34. The van der Waals surface area contributed by atoms with Gasteiger partial charge in [-0.1, -0.05) is 23.7 Å². The summed E-state index contributed by atoms with van der Waals surface area (Å²) in [5, 5.41) is 14.6. The number of nitrogens with one attached hydrogen (secondary N) is 1. The summed E-state index contributed by atoms with van der Waals surface area (Å²) in [6.07, 6.45) is 0. The Morgan fingerprint density at radius 3 is 2.74 bits per heavy atom. The van der Waals surface area contributed by atoms with E-state index in [0.29, 0.717) is 16.3 Å². The van der Waals surface area contributed by atoms with E-state index in [1.54, 1.807) is 18.2 Å². The summed E-state index contributed by atoms with van der Waals surface area (Å²) < 4.78 is 0. The molecule has 0 amide bonds. The Kier molecular flexibility index (Phi) is 4.07. The third kappa shape index (κ3) is 3.48. The van der Waals surface area contributed by atoms with E-state index < -0.39 is 0 Å². The summed E-state index contributed by atoms with van der Waals surface area (Å²) in [5.74, 6) is 0.164. The molecule has 0 saturated carbocycles. The maximum atomic E-state index is 9.78. The Morgan fingerprint density at radius 1 is 1.21 bits per heavy atom. The molecule has 2 aromatic rings. The molecule has 0 bridgehead atoms. The third-order valence-corrected chi connectivity index (χ3v) is 2.95. The van der Waals surface area contributed by atoms with Crippen LogP contribution >= 0.6 is 11.6 Å². The van der Waals surface area contributed by atoms with Crippen LogP contribution in [-0.2, 0) is 0 Å². The fourth-order valence-corrected chi connectivity index (χ4v) is 1.89. The molecule has 4 heteroatoms. The highest BCUT2D eigenvalue weighted by Gasteiger charge is 2.05. The van der Waals surface area contributed by atoms with Gasteiger partial charge < -0.3 is 5.11 Å². The van der Waals surface area contributed by atoms with E-state index in [1.807, 2.05) is 38.1 Å². The minimum atomic E-state index is 0.164. The molecule has 0 aliphatic rings. The van der Waals surface area contributed by atoms with Crippen molar-refractivity contribution in [2.24, 2.45) is 5.10 Å². The van der Waals surface area contributed by atoms with Gasteiger partial charge in [-0.05, 0) is 49.7 Å². The van der Waals surface area contributed by atoms with Gasteiger partial charge in [-0.15, -0.1) is 0 Å². The van der Waals surface area contributed by atoms with E-state index in [4.69, 9.17) is 11.6 Å². The molecule has 3 nitrogen and oxygen atoms in total. The predicted molar refractivity (Wildman–Crippen MR) is 80.1 cm³/mol. The zero-order chi connectivity index (χ0) is 13.8. The first kappa shape index (κ1) is 13.4. The zero-order valence-corrected chi connectivity index (χ0v) is 11.6. The number of aryl methyl sites for hydroxylation is 1. The molecule has 0 unspecified atom stereocenters. The van der Waals surface area contributed by atoms with Gasteiger partial charge >= 0.3 is 0 Å². The highest BCUT2D eigenvalue weighted by atomic mass is 35.5. The van der Waals surface area contributed by atoms with Crippen molar-refractivity contribution in [2.45, 2.75) is 13.8 Å². The third-order valence-electron chi connectivity index (χ3n) is 2.72. The average molecular weight is 275 g/mol. The number of phenolic OH excluding ortho intramolecular Hbond substituents is 1. The molecule has 0 radical (unpaired) electrons. The first-order chi connectivity index (χ1) is 9.06. The zero-order valence-electron chi connectivity index (χ0n) is 10.8. The number of rotatable bonds is 3. The van der Waals surface area contributed by atoms with Crippen LogP contribution in [-0.4, -0.2) is 10.8 Å². The number of hydrogen-bond donors (Lipinski definition) is 2. The standard InChI is InChI=1S/C15H15ClN2O/c1-10-4-3-5-13(8-10)18-17-11(2)14-9-12(16)6-7-15(14)19/h3-9,18-19H,1-2H3/b17-11+. The molecule has 0 fully saturated rings. The summed E-state index contributed by atoms with van der Waals surface area (Å²) in [6.45, 7) is 3.83. The van der Waals surface area contributed by atoms with Crippen molar-refractivity contribution in [2.75, 3.05) is 5.43 Å². The first-order valence-corrected chi connectivity index (χ1v) is 6.30. The van der Waals surface area contributed by atoms with Crippen LogP contribution in [0.1, 0.15) is 18.1 Å². The normalized spacial score (nSPS) is 11.4. The number of hydrazone groups is 1. The minimum absolute atomic E-state index is 0.164. The highest BCUT2D eigenvalue weighted by molar-refractivity contribution is 6.31. The van der Waals surface area contributed by atoms with Crippen molar-refractivity contribution in [3.63, 3.8) is 0 Å². The Hall–Kier alpha value is -2.00. The lowest BCUT2D eigenvalue weighted by atomic mass is 10.1.